The summed E-state index contributed by atoms with van der Waals surface area (Å²) in [7, 11) is 0. The van der Waals surface area contributed by atoms with Crippen LogP contribution in [0, 0.1) is 0 Å². The van der Waals surface area contributed by atoms with Crippen LogP contribution < -0.4 is 4.74 Å². The van der Waals surface area contributed by atoms with Crippen LogP contribution in [0.3, 0.4) is 0 Å². The maximum atomic E-state index is 11.4. The molecule has 1 aromatic rings. The molecule has 2 rings (SSSR count). The molecular formula is C15H20O3. The zero-order valence-corrected chi connectivity index (χ0v) is 10.8. The summed E-state index contributed by atoms with van der Waals surface area (Å²) < 4.78 is 11.3. The van der Waals surface area contributed by atoms with Crippen LogP contribution in [0.2, 0.25) is 0 Å². The second kappa shape index (κ2) is 6.43. The lowest BCUT2D eigenvalue weighted by atomic mass is 10.1. The highest BCUT2D eigenvalue weighted by Gasteiger charge is 2.20. The van der Waals surface area contributed by atoms with Gasteiger partial charge in [0.2, 0.25) is 0 Å². The van der Waals surface area contributed by atoms with E-state index in [0.717, 1.165) is 31.4 Å². The summed E-state index contributed by atoms with van der Waals surface area (Å²) in [6.45, 7) is 1.94. The van der Waals surface area contributed by atoms with Crippen LogP contribution in [0.4, 0.5) is 0 Å². The van der Waals surface area contributed by atoms with E-state index in [2.05, 4.69) is 0 Å². The first-order chi connectivity index (χ1) is 8.74. The summed E-state index contributed by atoms with van der Waals surface area (Å²) in [5, 5.41) is 0. The van der Waals surface area contributed by atoms with Gasteiger partial charge in [-0.1, -0.05) is 18.2 Å². The minimum atomic E-state index is -0.0807. The number of carbonyl (C=O) groups is 1. The molecule has 1 heterocycles. The molecule has 3 heteroatoms. The minimum Gasteiger partial charge on any atom is -0.490 e. The van der Waals surface area contributed by atoms with Gasteiger partial charge in [-0.3, -0.25) is 4.79 Å². The zero-order chi connectivity index (χ0) is 12.8. The largest absolute Gasteiger partial charge is 0.490 e. The molecule has 1 aliphatic rings. The molecule has 1 aliphatic heterocycles. The Morgan fingerprint density at radius 1 is 1.22 bits per heavy atom. The number of esters is 1. The van der Waals surface area contributed by atoms with Gasteiger partial charge in [-0.25, -0.2) is 0 Å². The van der Waals surface area contributed by atoms with Crippen molar-refractivity contribution in [3.8, 4) is 5.75 Å². The van der Waals surface area contributed by atoms with Crippen molar-refractivity contribution in [3.05, 3.63) is 30.3 Å². The zero-order valence-electron chi connectivity index (χ0n) is 10.8. The van der Waals surface area contributed by atoms with Crippen LogP contribution in [0.5, 0.6) is 5.75 Å². The molecule has 2 atom stereocenters. The molecule has 1 fully saturated rings. The third kappa shape index (κ3) is 4.06. The van der Waals surface area contributed by atoms with Crippen molar-refractivity contribution >= 4 is 5.97 Å². The van der Waals surface area contributed by atoms with E-state index in [-0.39, 0.29) is 18.2 Å². The fourth-order valence-electron chi connectivity index (χ4n) is 2.26. The van der Waals surface area contributed by atoms with Crippen molar-refractivity contribution in [2.45, 2.75) is 51.2 Å². The molecule has 98 valence electrons. The number of cyclic esters (lactones) is 1. The molecule has 1 saturated heterocycles. The van der Waals surface area contributed by atoms with Gasteiger partial charge in [0.15, 0.2) is 0 Å². The van der Waals surface area contributed by atoms with E-state index in [1.165, 1.54) is 0 Å². The van der Waals surface area contributed by atoms with Crippen molar-refractivity contribution < 1.29 is 14.3 Å². The Morgan fingerprint density at radius 3 is 2.78 bits per heavy atom. The summed E-state index contributed by atoms with van der Waals surface area (Å²) in [6, 6.07) is 9.83. The number of benzene rings is 1. The topological polar surface area (TPSA) is 35.5 Å². The lowest BCUT2D eigenvalue weighted by Crippen LogP contribution is -2.24. The average molecular weight is 248 g/mol. The molecule has 3 nitrogen and oxygen atoms in total. The average Bonchev–Trinajstić information content (AvgIpc) is 2.41. The Labute approximate surface area is 108 Å². The van der Waals surface area contributed by atoms with Crippen molar-refractivity contribution in [1.82, 2.24) is 0 Å². The molecule has 0 amide bonds. The predicted octanol–water partition coefficient (Wildman–Crippen LogP) is 3.33. The second-order valence-electron chi connectivity index (χ2n) is 4.83. The molecule has 0 N–H and O–H groups in total. The standard InChI is InChI=1S/C15H20O3/c1-12-11-14(9-5-6-10-15(16)17-12)18-13-7-3-2-4-8-13/h2-4,7-8,12,14H,5-6,9-11H2,1H3. The van der Waals surface area contributed by atoms with Crippen LogP contribution in [0.15, 0.2) is 30.3 Å². The first-order valence-electron chi connectivity index (χ1n) is 6.65. The highest BCUT2D eigenvalue weighted by Crippen LogP contribution is 2.20. The summed E-state index contributed by atoms with van der Waals surface area (Å²) in [5.41, 5.74) is 0. The molecule has 0 spiro atoms. The van der Waals surface area contributed by atoms with E-state index >= 15 is 0 Å². The van der Waals surface area contributed by atoms with Gasteiger partial charge in [-0.05, 0) is 38.3 Å². The normalized spacial score (nSPS) is 25.5. The van der Waals surface area contributed by atoms with Gasteiger partial charge in [0.1, 0.15) is 18.0 Å². The predicted molar refractivity (Wildman–Crippen MR) is 69.5 cm³/mol. The van der Waals surface area contributed by atoms with Gasteiger partial charge < -0.3 is 9.47 Å². The fraction of sp³-hybridized carbons (Fsp3) is 0.533. The molecule has 2 unspecified atom stereocenters. The monoisotopic (exact) mass is 248 g/mol. The van der Waals surface area contributed by atoms with Crippen molar-refractivity contribution in [3.63, 3.8) is 0 Å². The van der Waals surface area contributed by atoms with Crippen LogP contribution in [-0.2, 0) is 9.53 Å². The molecule has 1 aromatic carbocycles. The third-order valence-corrected chi connectivity index (χ3v) is 3.13. The Bertz CT molecular complexity index is 375. The Kier molecular flexibility index (Phi) is 4.62. The molecule has 0 aromatic heterocycles. The second-order valence-corrected chi connectivity index (χ2v) is 4.83. The van der Waals surface area contributed by atoms with Crippen LogP contribution in [-0.4, -0.2) is 18.2 Å². The lowest BCUT2D eigenvalue weighted by molar-refractivity contribution is -0.148. The Morgan fingerprint density at radius 2 is 2.00 bits per heavy atom. The van der Waals surface area contributed by atoms with Crippen LogP contribution in [0.1, 0.15) is 39.0 Å². The van der Waals surface area contributed by atoms with Crippen LogP contribution in [0.25, 0.3) is 0 Å². The smallest absolute Gasteiger partial charge is 0.306 e. The molecule has 0 aliphatic carbocycles. The van der Waals surface area contributed by atoms with Crippen molar-refractivity contribution in [2.24, 2.45) is 0 Å². The summed E-state index contributed by atoms with van der Waals surface area (Å²) in [4.78, 5) is 11.4. The Hall–Kier alpha value is -1.51. The SMILES string of the molecule is CC1CC(Oc2ccccc2)CCCCC(=O)O1. The van der Waals surface area contributed by atoms with Gasteiger partial charge in [0.25, 0.3) is 0 Å². The number of rotatable bonds is 2. The van der Waals surface area contributed by atoms with E-state index in [1.807, 2.05) is 37.3 Å². The van der Waals surface area contributed by atoms with E-state index in [9.17, 15) is 4.79 Å². The molecular weight excluding hydrogens is 228 g/mol. The van der Waals surface area contributed by atoms with Gasteiger partial charge in [-0.2, -0.15) is 0 Å². The Balaban J connectivity index is 1.95. The number of hydrogen-bond acceptors (Lipinski definition) is 3. The van der Waals surface area contributed by atoms with Gasteiger partial charge in [0.05, 0.1) is 0 Å². The molecule has 0 radical (unpaired) electrons. The first-order valence-corrected chi connectivity index (χ1v) is 6.65. The van der Waals surface area contributed by atoms with Gasteiger partial charge >= 0.3 is 5.97 Å². The first kappa shape index (κ1) is 12.9. The van der Waals surface area contributed by atoms with Gasteiger partial charge in [0, 0.05) is 12.8 Å². The third-order valence-electron chi connectivity index (χ3n) is 3.13. The fourth-order valence-corrected chi connectivity index (χ4v) is 2.26. The number of para-hydroxylation sites is 1. The number of ether oxygens (including phenoxy) is 2. The highest BCUT2D eigenvalue weighted by atomic mass is 16.5. The molecule has 0 saturated carbocycles. The van der Waals surface area contributed by atoms with E-state index < -0.39 is 0 Å². The van der Waals surface area contributed by atoms with E-state index in [0.29, 0.717) is 6.42 Å². The van der Waals surface area contributed by atoms with E-state index in [1.54, 1.807) is 0 Å². The quantitative estimate of drug-likeness (QED) is 0.753. The molecule has 0 bridgehead atoms. The lowest BCUT2D eigenvalue weighted by Gasteiger charge is -2.21. The van der Waals surface area contributed by atoms with Gasteiger partial charge in [-0.15, -0.1) is 0 Å². The van der Waals surface area contributed by atoms with Crippen molar-refractivity contribution in [1.29, 1.82) is 0 Å². The molecule has 18 heavy (non-hydrogen) atoms. The number of hydrogen-bond donors (Lipinski definition) is 0. The summed E-state index contributed by atoms with van der Waals surface area (Å²) in [6.07, 6.45) is 4.25. The van der Waals surface area contributed by atoms with E-state index in [4.69, 9.17) is 9.47 Å². The maximum absolute atomic E-state index is 11.4. The minimum absolute atomic E-state index is 0.0655. The van der Waals surface area contributed by atoms with Crippen LogP contribution >= 0.6 is 0 Å². The van der Waals surface area contributed by atoms with Crippen molar-refractivity contribution in [2.75, 3.05) is 0 Å². The maximum Gasteiger partial charge on any atom is 0.306 e. The highest BCUT2D eigenvalue weighted by molar-refractivity contribution is 5.69. The summed E-state index contributed by atoms with van der Waals surface area (Å²) in [5.74, 6) is 0.808. The number of carbonyl (C=O) groups excluding carboxylic acids is 1. The summed E-state index contributed by atoms with van der Waals surface area (Å²) >= 11 is 0.